The molecule has 6 nitrogen and oxygen atoms in total. The van der Waals surface area contributed by atoms with Crippen LogP contribution in [0.4, 0.5) is 4.79 Å². The Morgan fingerprint density at radius 1 is 1.50 bits per heavy atom. The average molecular weight is 257 g/mol. The molecule has 0 unspecified atom stereocenters. The van der Waals surface area contributed by atoms with Crippen molar-refractivity contribution in [3.05, 3.63) is 11.8 Å². The lowest BCUT2D eigenvalue weighted by Crippen LogP contribution is -2.40. The van der Waals surface area contributed by atoms with Gasteiger partial charge in [-0.1, -0.05) is 18.2 Å². The van der Waals surface area contributed by atoms with Crippen LogP contribution in [-0.2, 0) is 4.74 Å². The van der Waals surface area contributed by atoms with E-state index in [1.54, 1.807) is 33.8 Å². The summed E-state index contributed by atoms with van der Waals surface area (Å²) in [7, 11) is 0. The largest absolute Gasteiger partial charge is 0.443 e. The van der Waals surface area contributed by atoms with Crippen LogP contribution in [0.5, 0.6) is 0 Å². The van der Waals surface area contributed by atoms with Crippen molar-refractivity contribution in [2.45, 2.75) is 46.6 Å². The first-order valence-corrected chi connectivity index (χ1v) is 5.91. The second-order valence-corrected chi connectivity index (χ2v) is 4.79. The van der Waals surface area contributed by atoms with Crippen LogP contribution >= 0.6 is 0 Å². The summed E-state index contributed by atoms with van der Waals surface area (Å²) < 4.78 is 5.28. The van der Waals surface area contributed by atoms with Crippen LogP contribution in [0.1, 0.15) is 41.0 Å². The van der Waals surface area contributed by atoms with Crippen molar-refractivity contribution in [3.63, 3.8) is 0 Å². The third kappa shape index (κ3) is 5.07. The van der Waals surface area contributed by atoms with Gasteiger partial charge in [0.2, 0.25) is 0 Å². The van der Waals surface area contributed by atoms with Crippen LogP contribution in [0, 0.1) is 0 Å². The van der Waals surface area contributed by atoms with Crippen LogP contribution < -0.4 is 5.73 Å². The number of carbonyl (C=O) groups excluding carboxylic acids is 1. The van der Waals surface area contributed by atoms with Crippen molar-refractivity contribution in [1.29, 1.82) is 0 Å². The monoisotopic (exact) mass is 257 g/mol. The zero-order chi connectivity index (χ0) is 14.3. The normalized spacial score (nSPS) is 13.4. The lowest BCUT2D eigenvalue weighted by molar-refractivity contribution is 0.0323. The minimum Gasteiger partial charge on any atom is -0.443 e. The molecule has 0 aromatic heterocycles. The Kier molecular flexibility index (Phi) is 6.22. The minimum absolute atomic E-state index is 0.114. The zero-order valence-corrected chi connectivity index (χ0v) is 11.7. The van der Waals surface area contributed by atoms with E-state index in [0.29, 0.717) is 12.2 Å². The SMILES string of the molecule is C/C=C(/C(N)=NO)N(CCC)C(=O)OC(C)(C)C. The predicted octanol–water partition coefficient (Wildman–Crippen LogP) is 2.28. The molecule has 0 rings (SSSR count). The number of hydrogen-bond acceptors (Lipinski definition) is 4. The maximum atomic E-state index is 12.0. The van der Waals surface area contributed by atoms with Crippen molar-refractivity contribution < 1.29 is 14.7 Å². The number of rotatable bonds is 4. The Hall–Kier alpha value is -1.72. The molecule has 0 spiro atoms. The topological polar surface area (TPSA) is 88.2 Å². The molecule has 0 aliphatic rings. The van der Waals surface area contributed by atoms with Crippen LogP contribution in [0.15, 0.2) is 16.9 Å². The molecule has 0 bridgehead atoms. The Morgan fingerprint density at radius 2 is 2.06 bits per heavy atom. The second-order valence-electron chi connectivity index (χ2n) is 4.79. The van der Waals surface area contributed by atoms with Gasteiger partial charge in [-0.05, 0) is 34.1 Å². The molecule has 3 N–H and O–H groups in total. The maximum absolute atomic E-state index is 12.0. The lowest BCUT2D eigenvalue weighted by Gasteiger charge is -2.28. The van der Waals surface area contributed by atoms with Crippen molar-refractivity contribution in [2.24, 2.45) is 10.9 Å². The highest BCUT2D eigenvalue weighted by atomic mass is 16.6. The van der Waals surface area contributed by atoms with Crippen LogP contribution in [0.2, 0.25) is 0 Å². The van der Waals surface area contributed by atoms with Gasteiger partial charge in [-0.15, -0.1) is 0 Å². The summed E-state index contributed by atoms with van der Waals surface area (Å²) in [5.74, 6) is -0.114. The summed E-state index contributed by atoms with van der Waals surface area (Å²) in [6, 6.07) is 0. The van der Waals surface area contributed by atoms with Crippen molar-refractivity contribution in [2.75, 3.05) is 6.54 Å². The van der Waals surface area contributed by atoms with Crippen LogP contribution in [0.25, 0.3) is 0 Å². The molecule has 6 heteroatoms. The number of amides is 1. The van der Waals surface area contributed by atoms with Gasteiger partial charge in [0.1, 0.15) is 5.60 Å². The highest BCUT2D eigenvalue weighted by molar-refractivity contribution is 5.98. The summed E-state index contributed by atoms with van der Waals surface area (Å²) >= 11 is 0. The summed E-state index contributed by atoms with van der Waals surface area (Å²) in [6.07, 6.45) is 1.83. The van der Waals surface area contributed by atoms with E-state index in [1.165, 1.54) is 4.90 Å². The molecule has 104 valence electrons. The van der Waals surface area contributed by atoms with Gasteiger partial charge in [0.05, 0.1) is 5.70 Å². The van der Waals surface area contributed by atoms with Gasteiger partial charge in [0, 0.05) is 6.54 Å². The van der Waals surface area contributed by atoms with Gasteiger partial charge in [-0.3, -0.25) is 4.90 Å². The van der Waals surface area contributed by atoms with E-state index in [-0.39, 0.29) is 5.84 Å². The molecule has 0 aliphatic carbocycles. The fraction of sp³-hybridized carbons (Fsp3) is 0.667. The molecule has 1 amide bonds. The van der Waals surface area contributed by atoms with Crippen LogP contribution in [-0.4, -0.2) is 34.2 Å². The first-order chi connectivity index (χ1) is 8.26. The highest BCUT2D eigenvalue weighted by Gasteiger charge is 2.25. The summed E-state index contributed by atoms with van der Waals surface area (Å²) in [6.45, 7) is 9.43. The van der Waals surface area contributed by atoms with E-state index in [0.717, 1.165) is 6.42 Å². The molecule has 0 aliphatic heterocycles. The number of oxime groups is 1. The fourth-order valence-electron chi connectivity index (χ4n) is 1.34. The molecule has 0 saturated carbocycles. The average Bonchev–Trinajstić information content (AvgIpc) is 2.26. The molecule has 0 aromatic rings. The number of carbonyl (C=O) groups is 1. The van der Waals surface area contributed by atoms with Gasteiger partial charge in [0.25, 0.3) is 0 Å². The van der Waals surface area contributed by atoms with Gasteiger partial charge < -0.3 is 15.7 Å². The molecule has 0 saturated heterocycles. The van der Waals surface area contributed by atoms with Gasteiger partial charge in [-0.25, -0.2) is 4.79 Å². The lowest BCUT2D eigenvalue weighted by atomic mass is 10.2. The molecular weight excluding hydrogens is 234 g/mol. The number of nitrogens with zero attached hydrogens (tertiary/aromatic N) is 2. The quantitative estimate of drug-likeness (QED) is 0.350. The summed E-state index contributed by atoms with van der Waals surface area (Å²) in [5, 5.41) is 11.6. The van der Waals surface area contributed by atoms with E-state index < -0.39 is 11.7 Å². The molecule has 0 atom stereocenters. The Morgan fingerprint density at radius 3 is 2.39 bits per heavy atom. The van der Waals surface area contributed by atoms with Gasteiger partial charge >= 0.3 is 6.09 Å². The Labute approximate surface area is 108 Å². The van der Waals surface area contributed by atoms with E-state index >= 15 is 0 Å². The third-order valence-electron chi connectivity index (χ3n) is 2.00. The number of hydrogen-bond donors (Lipinski definition) is 2. The fourth-order valence-corrected chi connectivity index (χ4v) is 1.34. The predicted molar refractivity (Wildman–Crippen MR) is 70.4 cm³/mol. The molecular formula is C12H23N3O3. The molecule has 0 fully saturated rings. The number of allylic oxidation sites excluding steroid dienone is 1. The third-order valence-corrected chi connectivity index (χ3v) is 2.00. The highest BCUT2D eigenvalue weighted by Crippen LogP contribution is 2.14. The standard InChI is InChI=1S/C12H23N3O3/c1-6-8-15(9(7-2)10(13)14-17)11(16)18-12(3,4)5/h7,17H,6,8H2,1-5H3,(H2,13,14)/b9-7-. The summed E-state index contributed by atoms with van der Waals surface area (Å²) in [5.41, 5.74) is 5.29. The number of nitrogens with two attached hydrogens (primary N) is 1. The van der Waals surface area contributed by atoms with E-state index in [9.17, 15) is 4.79 Å². The number of ether oxygens (including phenoxy) is 1. The van der Waals surface area contributed by atoms with E-state index in [4.69, 9.17) is 15.7 Å². The molecule has 0 radical (unpaired) electrons. The molecule has 0 heterocycles. The Balaban J connectivity index is 5.12. The van der Waals surface area contributed by atoms with Crippen molar-refractivity contribution >= 4 is 11.9 Å². The first-order valence-electron chi connectivity index (χ1n) is 5.91. The zero-order valence-electron chi connectivity index (χ0n) is 11.7. The molecule has 18 heavy (non-hydrogen) atoms. The summed E-state index contributed by atoms with van der Waals surface area (Å²) in [4.78, 5) is 13.4. The maximum Gasteiger partial charge on any atom is 0.414 e. The van der Waals surface area contributed by atoms with Crippen molar-refractivity contribution in [1.82, 2.24) is 4.90 Å². The smallest absolute Gasteiger partial charge is 0.414 e. The Bertz CT molecular complexity index is 343. The second kappa shape index (κ2) is 6.88. The van der Waals surface area contributed by atoms with E-state index in [1.807, 2.05) is 6.92 Å². The number of amidine groups is 1. The first kappa shape index (κ1) is 16.3. The van der Waals surface area contributed by atoms with Crippen LogP contribution in [0.3, 0.4) is 0 Å². The molecule has 0 aromatic carbocycles. The van der Waals surface area contributed by atoms with Gasteiger partial charge in [-0.2, -0.15) is 0 Å². The van der Waals surface area contributed by atoms with Gasteiger partial charge in [0.15, 0.2) is 5.84 Å². The van der Waals surface area contributed by atoms with Crippen molar-refractivity contribution in [3.8, 4) is 0 Å². The van der Waals surface area contributed by atoms with E-state index in [2.05, 4.69) is 5.16 Å². The minimum atomic E-state index is -0.590.